The van der Waals surface area contributed by atoms with Crippen LogP contribution in [-0.4, -0.2) is 11.7 Å². The Morgan fingerprint density at radius 1 is 1.43 bits per heavy atom. The van der Waals surface area contributed by atoms with Crippen molar-refractivity contribution in [1.82, 2.24) is 0 Å². The average molecular weight is 188 g/mol. The second kappa shape index (κ2) is 3.68. The van der Waals surface area contributed by atoms with Gasteiger partial charge in [-0.15, -0.1) is 0 Å². The van der Waals surface area contributed by atoms with Crippen LogP contribution < -0.4 is 0 Å². The van der Waals surface area contributed by atoms with Gasteiger partial charge in [0.15, 0.2) is 0 Å². The Balaban J connectivity index is 2.45. The van der Waals surface area contributed by atoms with Crippen LogP contribution in [0.3, 0.4) is 0 Å². The highest BCUT2D eigenvalue weighted by molar-refractivity contribution is 5.79. The summed E-state index contributed by atoms with van der Waals surface area (Å²) in [6, 6.07) is 9.82. The Kier molecular flexibility index (Phi) is 2.37. The number of rotatable bonds is 2. The molecule has 0 radical (unpaired) electrons. The number of hydrogen-bond donors (Lipinski definition) is 1. The smallest absolute Gasteiger partial charge is 0.134 e. The standard InChI is InChI=1S/C12H12O2/c1-9(8-13)6-11-7-10-4-2-3-5-12(10)14-11/h2-7,13H,8H2,1H3. The molecular formula is C12H12O2. The summed E-state index contributed by atoms with van der Waals surface area (Å²) in [5, 5.41) is 9.95. The highest BCUT2D eigenvalue weighted by atomic mass is 16.3. The topological polar surface area (TPSA) is 33.4 Å². The summed E-state index contributed by atoms with van der Waals surface area (Å²) in [5.41, 5.74) is 1.77. The van der Waals surface area contributed by atoms with Gasteiger partial charge in [-0.25, -0.2) is 0 Å². The Morgan fingerprint density at radius 3 is 2.93 bits per heavy atom. The monoisotopic (exact) mass is 188 g/mol. The van der Waals surface area contributed by atoms with Crippen LogP contribution in [0.2, 0.25) is 0 Å². The maximum Gasteiger partial charge on any atom is 0.134 e. The third-order valence-electron chi connectivity index (χ3n) is 2.08. The van der Waals surface area contributed by atoms with Crippen LogP contribution in [0.5, 0.6) is 0 Å². The first-order valence-electron chi connectivity index (χ1n) is 4.56. The quantitative estimate of drug-likeness (QED) is 0.786. The highest BCUT2D eigenvalue weighted by Gasteiger charge is 1.99. The van der Waals surface area contributed by atoms with Gasteiger partial charge in [-0.05, 0) is 30.7 Å². The number of hydrogen-bond acceptors (Lipinski definition) is 2. The van der Waals surface area contributed by atoms with Crippen molar-refractivity contribution in [2.75, 3.05) is 6.61 Å². The van der Waals surface area contributed by atoms with Gasteiger partial charge in [0.25, 0.3) is 0 Å². The van der Waals surface area contributed by atoms with E-state index in [0.717, 1.165) is 22.3 Å². The Hall–Kier alpha value is -1.54. The molecule has 0 atom stereocenters. The normalized spacial score (nSPS) is 12.3. The molecule has 2 aromatic rings. The van der Waals surface area contributed by atoms with Gasteiger partial charge in [-0.3, -0.25) is 0 Å². The molecule has 0 spiro atoms. The predicted molar refractivity (Wildman–Crippen MR) is 57.0 cm³/mol. The van der Waals surface area contributed by atoms with Gasteiger partial charge in [0.1, 0.15) is 11.3 Å². The first-order valence-corrected chi connectivity index (χ1v) is 4.56. The Morgan fingerprint density at radius 2 is 2.21 bits per heavy atom. The fraction of sp³-hybridized carbons (Fsp3) is 0.167. The summed E-state index contributed by atoms with van der Waals surface area (Å²) in [6.07, 6.45) is 1.85. The lowest BCUT2D eigenvalue weighted by Gasteiger charge is -1.90. The third-order valence-corrected chi connectivity index (χ3v) is 2.08. The molecule has 0 aliphatic heterocycles. The largest absolute Gasteiger partial charge is 0.457 e. The molecule has 1 N–H and O–H groups in total. The van der Waals surface area contributed by atoms with E-state index in [4.69, 9.17) is 9.52 Å². The second-order valence-corrected chi connectivity index (χ2v) is 3.34. The lowest BCUT2D eigenvalue weighted by molar-refractivity contribution is 0.332. The molecule has 1 aromatic heterocycles. The van der Waals surface area contributed by atoms with E-state index in [1.807, 2.05) is 43.3 Å². The zero-order chi connectivity index (χ0) is 9.97. The SMILES string of the molecule is CC(=Cc1cc2ccccc2o1)CO. The molecule has 0 aliphatic carbocycles. The molecule has 1 aromatic carbocycles. The zero-order valence-corrected chi connectivity index (χ0v) is 8.03. The van der Waals surface area contributed by atoms with Gasteiger partial charge in [0, 0.05) is 5.39 Å². The van der Waals surface area contributed by atoms with E-state index in [2.05, 4.69) is 0 Å². The van der Waals surface area contributed by atoms with Crippen molar-refractivity contribution in [1.29, 1.82) is 0 Å². The number of benzene rings is 1. The molecule has 0 bridgehead atoms. The summed E-state index contributed by atoms with van der Waals surface area (Å²) in [7, 11) is 0. The molecule has 2 rings (SSSR count). The molecule has 0 amide bonds. The first-order chi connectivity index (χ1) is 6.79. The summed E-state index contributed by atoms with van der Waals surface area (Å²) in [6.45, 7) is 1.93. The number of aliphatic hydroxyl groups is 1. The number of para-hydroxylation sites is 1. The molecular weight excluding hydrogens is 176 g/mol. The molecule has 0 fully saturated rings. The molecule has 0 saturated carbocycles. The third kappa shape index (κ3) is 1.70. The van der Waals surface area contributed by atoms with E-state index >= 15 is 0 Å². The van der Waals surface area contributed by atoms with Crippen LogP contribution in [0, 0.1) is 0 Å². The first kappa shape index (κ1) is 9.03. The van der Waals surface area contributed by atoms with Crippen molar-refractivity contribution in [2.24, 2.45) is 0 Å². The number of aliphatic hydroxyl groups excluding tert-OH is 1. The van der Waals surface area contributed by atoms with Crippen molar-refractivity contribution < 1.29 is 9.52 Å². The zero-order valence-electron chi connectivity index (χ0n) is 8.03. The van der Waals surface area contributed by atoms with Crippen molar-refractivity contribution in [3.8, 4) is 0 Å². The van der Waals surface area contributed by atoms with Crippen molar-refractivity contribution in [3.63, 3.8) is 0 Å². The maximum absolute atomic E-state index is 8.86. The molecule has 0 aliphatic rings. The molecule has 2 nitrogen and oxygen atoms in total. The molecule has 0 unspecified atom stereocenters. The van der Waals surface area contributed by atoms with Crippen LogP contribution in [-0.2, 0) is 0 Å². The van der Waals surface area contributed by atoms with E-state index in [-0.39, 0.29) is 6.61 Å². The second-order valence-electron chi connectivity index (χ2n) is 3.34. The van der Waals surface area contributed by atoms with Crippen molar-refractivity contribution in [3.05, 3.63) is 41.7 Å². The van der Waals surface area contributed by atoms with Gasteiger partial charge >= 0.3 is 0 Å². The number of furan rings is 1. The fourth-order valence-electron chi connectivity index (χ4n) is 1.36. The summed E-state index contributed by atoms with van der Waals surface area (Å²) in [4.78, 5) is 0. The minimum absolute atomic E-state index is 0.0665. The lowest BCUT2D eigenvalue weighted by Crippen LogP contribution is -1.81. The molecule has 0 saturated heterocycles. The summed E-state index contributed by atoms with van der Waals surface area (Å²) >= 11 is 0. The van der Waals surface area contributed by atoms with Crippen LogP contribution in [0.1, 0.15) is 12.7 Å². The highest BCUT2D eigenvalue weighted by Crippen LogP contribution is 2.20. The van der Waals surface area contributed by atoms with E-state index in [0.29, 0.717) is 0 Å². The van der Waals surface area contributed by atoms with Gasteiger partial charge in [0.05, 0.1) is 6.61 Å². The van der Waals surface area contributed by atoms with Crippen LogP contribution in [0.25, 0.3) is 17.0 Å². The maximum atomic E-state index is 8.86. The van der Waals surface area contributed by atoms with E-state index in [1.165, 1.54) is 0 Å². The number of fused-ring (bicyclic) bond motifs is 1. The Labute approximate surface area is 82.5 Å². The molecule has 1 heterocycles. The Bertz CT molecular complexity index is 433. The van der Waals surface area contributed by atoms with Crippen LogP contribution in [0.15, 0.2) is 40.3 Å². The van der Waals surface area contributed by atoms with E-state index < -0.39 is 0 Å². The minimum Gasteiger partial charge on any atom is -0.457 e. The van der Waals surface area contributed by atoms with Gasteiger partial charge in [-0.1, -0.05) is 18.2 Å². The van der Waals surface area contributed by atoms with E-state index in [1.54, 1.807) is 0 Å². The van der Waals surface area contributed by atoms with Crippen molar-refractivity contribution >= 4 is 17.0 Å². The van der Waals surface area contributed by atoms with Crippen LogP contribution >= 0.6 is 0 Å². The van der Waals surface area contributed by atoms with E-state index in [9.17, 15) is 0 Å². The minimum atomic E-state index is 0.0665. The fourth-order valence-corrected chi connectivity index (χ4v) is 1.36. The molecule has 14 heavy (non-hydrogen) atoms. The summed E-state index contributed by atoms with van der Waals surface area (Å²) in [5.74, 6) is 0.790. The van der Waals surface area contributed by atoms with Gasteiger partial charge in [-0.2, -0.15) is 0 Å². The molecule has 72 valence electrons. The van der Waals surface area contributed by atoms with Gasteiger partial charge < -0.3 is 9.52 Å². The van der Waals surface area contributed by atoms with Crippen LogP contribution in [0.4, 0.5) is 0 Å². The van der Waals surface area contributed by atoms with Crippen molar-refractivity contribution in [2.45, 2.75) is 6.92 Å². The summed E-state index contributed by atoms with van der Waals surface area (Å²) < 4.78 is 5.55. The molecule has 2 heteroatoms. The van der Waals surface area contributed by atoms with Gasteiger partial charge in [0.2, 0.25) is 0 Å². The average Bonchev–Trinajstić information content (AvgIpc) is 2.59. The lowest BCUT2D eigenvalue weighted by atomic mass is 10.2. The predicted octanol–water partition coefficient (Wildman–Crippen LogP) is 2.83.